The molecule has 1 saturated heterocycles. The van der Waals surface area contributed by atoms with E-state index in [0.29, 0.717) is 5.75 Å². The molecular weight excluding hydrogens is 312 g/mol. The summed E-state index contributed by atoms with van der Waals surface area (Å²) in [6.45, 7) is 3.34. The fourth-order valence-electron chi connectivity index (χ4n) is 3.46. The van der Waals surface area contributed by atoms with Crippen LogP contribution in [0.4, 0.5) is 0 Å². The largest absolute Gasteiger partial charge is 0.426 e. The molecule has 0 radical (unpaired) electrons. The molecule has 4 nitrogen and oxygen atoms in total. The Kier molecular flexibility index (Phi) is 4.53. The lowest BCUT2D eigenvalue weighted by atomic mass is 10.1. The molecule has 1 aliphatic heterocycles. The van der Waals surface area contributed by atoms with Gasteiger partial charge in [-0.15, -0.1) is 0 Å². The van der Waals surface area contributed by atoms with Crippen LogP contribution < -0.4 is 4.74 Å². The molecule has 1 aromatic heterocycles. The van der Waals surface area contributed by atoms with E-state index in [1.807, 2.05) is 54.7 Å². The molecule has 3 aromatic rings. The molecule has 128 valence electrons. The van der Waals surface area contributed by atoms with Gasteiger partial charge in [0.25, 0.3) is 0 Å². The number of hydrogen-bond donors (Lipinski definition) is 1. The van der Waals surface area contributed by atoms with E-state index in [2.05, 4.69) is 9.88 Å². The second-order valence-electron chi connectivity index (χ2n) is 6.64. The van der Waals surface area contributed by atoms with Crippen molar-refractivity contribution in [2.75, 3.05) is 13.1 Å². The van der Waals surface area contributed by atoms with Crippen molar-refractivity contribution in [2.45, 2.75) is 25.8 Å². The number of carbonyl (C=O) groups is 1. The summed E-state index contributed by atoms with van der Waals surface area (Å²) in [5, 5.41) is 1.07. The number of para-hydroxylation sites is 1. The van der Waals surface area contributed by atoms with Crippen LogP contribution >= 0.6 is 0 Å². The third-order valence-electron chi connectivity index (χ3n) is 4.77. The highest BCUT2D eigenvalue weighted by Gasteiger charge is 2.13. The summed E-state index contributed by atoms with van der Waals surface area (Å²) in [6.07, 6.45) is 4.73. The number of carbonyl (C=O) groups excluding carboxylic acids is 1. The van der Waals surface area contributed by atoms with E-state index in [1.165, 1.54) is 31.5 Å². The van der Waals surface area contributed by atoms with Crippen LogP contribution in [0.3, 0.4) is 0 Å². The monoisotopic (exact) mass is 334 g/mol. The highest BCUT2D eigenvalue weighted by Crippen LogP contribution is 2.20. The Morgan fingerprint density at radius 2 is 1.80 bits per heavy atom. The van der Waals surface area contributed by atoms with E-state index in [9.17, 15) is 4.79 Å². The fourth-order valence-corrected chi connectivity index (χ4v) is 3.46. The summed E-state index contributed by atoms with van der Waals surface area (Å²) in [6, 6.07) is 15.8. The average molecular weight is 334 g/mol. The van der Waals surface area contributed by atoms with Crippen LogP contribution in [0.2, 0.25) is 0 Å². The first kappa shape index (κ1) is 15.9. The Hall–Kier alpha value is -2.59. The van der Waals surface area contributed by atoms with Gasteiger partial charge in [0.15, 0.2) is 0 Å². The van der Waals surface area contributed by atoms with Gasteiger partial charge in [-0.25, -0.2) is 0 Å². The number of H-pyrrole nitrogens is 1. The van der Waals surface area contributed by atoms with E-state index in [0.717, 1.165) is 23.0 Å². The molecule has 0 saturated carbocycles. The van der Waals surface area contributed by atoms with Gasteiger partial charge in [0.1, 0.15) is 5.75 Å². The molecule has 1 fully saturated rings. The number of aromatic amines is 1. The van der Waals surface area contributed by atoms with Crippen LogP contribution in [0, 0.1) is 0 Å². The highest BCUT2D eigenvalue weighted by molar-refractivity contribution is 5.87. The number of esters is 1. The number of rotatable bonds is 5. The van der Waals surface area contributed by atoms with Crippen molar-refractivity contribution in [1.29, 1.82) is 0 Å². The molecule has 0 aliphatic carbocycles. The maximum absolute atomic E-state index is 12.2. The van der Waals surface area contributed by atoms with Crippen molar-refractivity contribution in [1.82, 2.24) is 9.88 Å². The molecule has 0 atom stereocenters. The zero-order valence-electron chi connectivity index (χ0n) is 14.2. The molecule has 0 amide bonds. The van der Waals surface area contributed by atoms with Crippen molar-refractivity contribution in [3.8, 4) is 5.75 Å². The van der Waals surface area contributed by atoms with Gasteiger partial charge < -0.3 is 9.72 Å². The Balaban J connectivity index is 1.37. The number of fused-ring (bicyclic) bond motifs is 1. The first-order valence-electron chi connectivity index (χ1n) is 8.85. The van der Waals surface area contributed by atoms with Gasteiger partial charge in [-0.2, -0.15) is 0 Å². The van der Waals surface area contributed by atoms with Crippen LogP contribution in [0.25, 0.3) is 10.9 Å². The number of likely N-dealkylation sites (tertiary alicyclic amines) is 1. The zero-order valence-corrected chi connectivity index (χ0v) is 14.2. The van der Waals surface area contributed by atoms with E-state index in [4.69, 9.17) is 4.74 Å². The summed E-state index contributed by atoms with van der Waals surface area (Å²) in [7, 11) is 0. The number of hydrogen-bond acceptors (Lipinski definition) is 3. The van der Waals surface area contributed by atoms with Crippen LogP contribution in [0.15, 0.2) is 54.7 Å². The minimum absolute atomic E-state index is 0.239. The minimum Gasteiger partial charge on any atom is -0.426 e. The maximum atomic E-state index is 12.2. The van der Waals surface area contributed by atoms with Crippen molar-refractivity contribution >= 4 is 16.9 Å². The molecule has 2 aromatic carbocycles. The van der Waals surface area contributed by atoms with Gasteiger partial charge in [0.05, 0.1) is 6.42 Å². The Labute approximate surface area is 147 Å². The van der Waals surface area contributed by atoms with Crippen LogP contribution in [-0.4, -0.2) is 28.9 Å². The van der Waals surface area contributed by atoms with Crippen molar-refractivity contribution in [3.63, 3.8) is 0 Å². The zero-order chi connectivity index (χ0) is 17.1. The maximum Gasteiger partial charge on any atom is 0.315 e. The summed E-state index contributed by atoms with van der Waals surface area (Å²) >= 11 is 0. The smallest absolute Gasteiger partial charge is 0.315 e. The fraction of sp³-hybridized carbons (Fsp3) is 0.286. The van der Waals surface area contributed by atoms with E-state index in [-0.39, 0.29) is 12.4 Å². The lowest BCUT2D eigenvalue weighted by molar-refractivity contribution is -0.133. The van der Waals surface area contributed by atoms with Crippen LogP contribution in [-0.2, 0) is 17.8 Å². The molecule has 1 N–H and O–H groups in total. The quantitative estimate of drug-likeness (QED) is 0.568. The third kappa shape index (κ3) is 3.74. The first-order chi connectivity index (χ1) is 12.3. The lowest BCUT2D eigenvalue weighted by Gasteiger charge is -2.14. The van der Waals surface area contributed by atoms with Crippen LogP contribution in [0.5, 0.6) is 5.75 Å². The van der Waals surface area contributed by atoms with E-state index in [1.54, 1.807) is 0 Å². The normalized spacial score (nSPS) is 14.9. The summed E-state index contributed by atoms with van der Waals surface area (Å²) in [4.78, 5) is 17.9. The van der Waals surface area contributed by atoms with E-state index < -0.39 is 0 Å². The Bertz CT molecular complexity index is 861. The highest BCUT2D eigenvalue weighted by atomic mass is 16.5. The Morgan fingerprint density at radius 1 is 1.04 bits per heavy atom. The first-order valence-corrected chi connectivity index (χ1v) is 8.85. The molecule has 0 unspecified atom stereocenters. The third-order valence-corrected chi connectivity index (χ3v) is 4.77. The molecule has 25 heavy (non-hydrogen) atoms. The predicted octanol–water partition coefficient (Wildman–Crippen LogP) is 3.91. The summed E-state index contributed by atoms with van der Waals surface area (Å²) in [5.74, 6) is 0.368. The molecule has 4 rings (SSSR count). The van der Waals surface area contributed by atoms with Crippen LogP contribution in [0.1, 0.15) is 24.0 Å². The average Bonchev–Trinajstić information content (AvgIpc) is 3.27. The van der Waals surface area contributed by atoms with Gasteiger partial charge in [0, 0.05) is 23.6 Å². The summed E-state index contributed by atoms with van der Waals surface area (Å²) in [5.41, 5.74) is 3.26. The topological polar surface area (TPSA) is 45.3 Å². The second-order valence-corrected chi connectivity index (χ2v) is 6.64. The molecule has 1 aliphatic rings. The van der Waals surface area contributed by atoms with Crippen molar-refractivity contribution in [2.24, 2.45) is 0 Å². The summed E-state index contributed by atoms with van der Waals surface area (Å²) < 4.78 is 5.50. The second kappa shape index (κ2) is 7.11. The van der Waals surface area contributed by atoms with Gasteiger partial charge >= 0.3 is 5.97 Å². The Morgan fingerprint density at radius 3 is 2.60 bits per heavy atom. The minimum atomic E-state index is -0.239. The standard InChI is InChI=1S/C21H22N2O2/c24-21(13-17-14-22-20-6-2-1-5-19(17)20)25-18-9-7-16(8-10-18)15-23-11-3-4-12-23/h1-2,5-10,14,22H,3-4,11-13,15H2. The van der Waals surface area contributed by atoms with Gasteiger partial charge in [-0.1, -0.05) is 30.3 Å². The molecule has 0 spiro atoms. The molecule has 4 heteroatoms. The van der Waals surface area contributed by atoms with Gasteiger partial charge in [-0.3, -0.25) is 9.69 Å². The lowest BCUT2D eigenvalue weighted by Crippen LogP contribution is -2.18. The number of ether oxygens (including phenoxy) is 1. The van der Waals surface area contributed by atoms with Gasteiger partial charge in [-0.05, 0) is 55.3 Å². The SMILES string of the molecule is O=C(Cc1c[nH]c2ccccc12)Oc1ccc(CN2CCCC2)cc1. The van der Waals surface area contributed by atoms with Crippen molar-refractivity contribution in [3.05, 3.63) is 65.9 Å². The number of aromatic nitrogens is 1. The van der Waals surface area contributed by atoms with E-state index >= 15 is 0 Å². The molecule has 0 bridgehead atoms. The number of nitrogens with one attached hydrogen (secondary N) is 1. The van der Waals surface area contributed by atoms with Gasteiger partial charge in [0.2, 0.25) is 0 Å². The predicted molar refractivity (Wildman–Crippen MR) is 98.6 cm³/mol. The molecular formula is C21H22N2O2. The van der Waals surface area contributed by atoms with Crippen molar-refractivity contribution < 1.29 is 9.53 Å². The number of benzene rings is 2. The number of nitrogens with zero attached hydrogens (tertiary/aromatic N) is 1. The molecule has 2 heterocycles.